The Morgan fingerprint density at radius 3 is 2.37 bits per heavy atom. The summed E-state index contributed by atoms with van der Waals surface area (Å²) in [4.78, 5) is 24.0. The van der Waals surface area contributed by atoms with Crippen molar-refractivity contribution in [2.24, 2.45) is 0 Å². The second kappa shape index (κ2) is 12.5. The van der Waals surface area contributed by atoms with Gasteiger partial charge in [0.15, 0.2) is 0 Å². The molecule has 1 aliphatic rings. The van der Waals surface area contributed by atoms with E-state index in [2.05, 4.69) is 65.5 Å². The molecule has 192 valence electrons. The number of hydrogen-bond donors (Lipinski definition) is 3. The molecular weight excluding hydrogens is 591 g/mol. The van der Waals surface area contributed by atoms with Gasteiger partial charge in [0.25, 0.3) is 0 Å². The van der Waals surface area contributed by atoms with E-state index in [-0.39, 0.29) is 5.91 Å². The maximum atomic E-state index is 12.6. The van der Waals surface area contributed by atoms with Gasteiger partial charge in [-0.25, -0.2) is 4.98 Å². The Labute approximate surface area is 235 Å². The number of hydrogen-bond acceptors (Lipinski definition) is 7. The van der Waals surface area contributed by atoms with Gasteiger partial charge >= 0.3 is 0 Å². The van der Waals surface area contributed by atoms with Crippen LogP contribution in [0.3, 0.4) is 0 Å². The number of carbonyl (C=O) groups is 1. The Kier molecular flexibility index (Phi) is 8.46. The number of nitrogens with zero attached hydrogens (tertiary/aromatic N) is 3. The van der Waals surface area contributed by atoms with E-state index < -0.39 is 0 Å². The predicted octanol–water partition coefficient (Wildman–Crippen LogP) is 6.06. The van der Waals surface area contributed by atoms with Crippen LogP contribution < -0.4 is 20.9 Å². The van der Waals surface area contributed by atoms with Crippen molar-refractivity contribution in [3.8, 4) is 0 Å². The lowest BCUT2D eigenvalue weighted by atomic mass is 10.2. The average molecular weight is 618 g/mol. The summed E-state index contributed by atoms with van der Waals surface area (Å²) in [6, 6.07) is 25.4. The third-order valence-corrected chi connectivity index (χ3v) is 6.70. The maximum absolute atomic E-state index is 12.6. The Bertz CT molecular complexity index is 1410. The monoisotopic (exact) mass is 618 g/mol. The molecule has 5 rings (SSSR count). The van der Waals surface area contributed by atoms with Crippen molar-refractivity contribution in [2.45, 2.75) is 0 Å². The van der Waals surface area contributed by atoms with E-state index in [4.69, 9.17) is 4.74 Å². The zero-order valence-electron chi connectivity index (χ0n) is 20.6. The molecule has 1 saturated heterocycles. The van der Waals surface area contributed by atoms with E-state index in [0.29, 0.717) is 17.5 Å². The summed E-state index contributed by atoms with van der Waals surface area (Å²) in [7, 11) is 0. The molecule has 1 amide bonds. The minimum atomic E-state index is -0.219. The molecule has 0 saturated carbocycles. The number of carbonyl (C=O) groups excluding carboxylic acids is 1. The number of nitrogens with one attached hydrogen (secondary N) is 3. The lowest BCUT2D eigenvalue weighted by Gasteiger charge is -2.28. The molecule has 0 spiro atoms. The zero-order chi connectivity index (χ0) is 26.2. The van der Waals surface area contributed by atoms with E-state index in [1.54, 1.807) is 12.3 Å². The van der Waals surface area contributed by atoms with Crippen LogP contribution in [0.2, 0.25) is 0 Å². The van der Waals surface area contributed by atoms with Gasteiger partial charge in [0.1, 0.15) is 5.82 Å². The largest absolute Gasteiger partial charge is 0.378 e. The lowest BCUT2D eigenvalue weighted by molar-refractivity contribution is -0.111. The van der Waals surface area contributed by atoms with Gasteiger partial charge in [-0.3, -0.25) is 4.79 Å². The summed E-state index contributed by atoms with van der Waals surface area (Å²) < 4.78 is 6.29. The number of aromatic nitrogens is 2. The van der Waals surface area contributed by atoms with Gasteiger partial charge in [-0.1, -0.05) is 42.5 Å². The van der Waals surface area contributed by atoms with Gasteiger partial charge in [0.05, 0.1) is 28.2 Å². The molecular formula is C29H27IN6O2. The average Bonchev–Trinajstić information content (AvgIpc) is 2.96. The summed E-state index contributed by atoms with van der Waals surface area (Å²) >= 11 is 2.19. The molecule has 8 nitrogen and oxygen atoms in total. The van der Waals surface area contributed by atoms with Crippen molar-refractivity contribution in [3.63, 3.8) is 0 Å². The Hall–Kier alpha value is -3.96. The molecule has 38 heavy (non-hydrogen) atoms. The van der Waals surface area contributed by atoms with Crippen molar-refractivity contribution in [1.82, 2.24) is 9.97 Å². The van der Waals surface area contributed by atoms with Crippen LogP contribution in [0.25, 0.3) is 6.08 Å². The van der Waals surface area contributed by atoms with Gasteiger partial charge in [-0.15, -0.1) is 0 Å². The molecule has 1 aliphatic heterocycles. The highest BCUT2D eigenvalue weighted by Crippen LogP contribution is 2.28. The Morgan fingerprint density at radius 1 is 0.895 bits per heavy atom. The van der Waals surface area contributed by atoms with Crippen molar-refractivity contribution in [3.05, 3.63) is 100 Å². The molecule has 0 aliphatic carbocycles. The van der Waals surface area contributed by atoms with Crippen LogP contribution >= 0.6 is 22.6 Å². The summed E-state index contributed by atoms with van der Waals surface area (Å²) in [5.41, 5.74) is 4.40. The minimum absolute atomic E-state index is 0.219. The minimum Gasteiger partial charge on any atom is -0.378 e. The second-order valence-corrected chi connectivity index (χ2v) is 9.73. The number of halogens is 1. The zero-order valence-corrected chi connectivity index (χ0v) is 22.8. The maximum Gasteiger partial charge on any atom is 0.248 e. The van der Waals surface area contributed by atoms with Crippen LogP contribution in [0.15, 0.2) is 91.1 Å². The van der Waals surface area contributed by atoms with Gasteiger partial charge in [-0.05, 0) is 70.6 Å². The van der Waals surface area contributed by atoms with Gasteiger partial charge < -0.3 is 25.6 Å². The summed E-state index contributed by atoms with van der Waals surface area (Å²) in [6.45, 7) is 3.30. The number of ether oxygens (including phenoxy) is 1. The molecule has 0 unspecified atom stereocenters. The SMILES string of the molecule is O=C(/C=C/c1ccccc1)Nc1ccccc1Nc1nc(Nc2ccc(N3CCOCC3)cc2)ncc1I. The van der Waals surface area contributed by atoms with Gasteiger partial charge in [0.2, 0.25) is 11.9 Å². The predicted molar refractivity (Wildman–Crippen MR) is 161 cm³/mol. The first-order valence-electron chi connectivity index (χ1n) is 12.3. The quantitative estimate of drug-likeness (QED) is 0.164. The van der Waals surface area contributed by atoms with Crippen LogP contribution in [0.5, 0.6) is 0 Å². The van der Waals surface area contributed by atoms with E-state index in [1.807, 2.05) is 66.7 Å². The summed E-state index contributed by atoms with van der Waals surface area (Å²) in [5, 5.41) is 9.57. The highest BCUT2D eigenvalue weighted by atomic mass is 127. The summed E-state index contributed by atoms with van der Waals surface area (Å²) in [6.07, 6.45) is 5.06. The number of para-hydroxylation sites is 2. The van der Waals surface area contributed by atoms with E-state index in [1.165, 1.54) is 11.8 Å². The van der Waals surface area contributed by atoms with Crippen LogP contribution in [0.1, 0.15) is 5.56 Å². The normalized spacial score (nSPS) is 13.3. The molecule has 1 aromatic heterocycles. The van der Waals surface area contributed by atoms with Crippen LogP contribution in [0, 0.1) is 3.57 Å². The van der Waals surface area contributed by atoms with E-state index in [9.17, 15) is 4.79 Å². The van der Waals surface area contributed by atoms with E-state index >= 15 is 0 Å². The third-order valence-electron chi connectivity index (χ3n) is 5.91. The molecule has 2 heterocycles. The smallest absolute Gasteiger partial charge is 0.248 e. The highest BCUT2D eigenvalue weighted by molar-refractivity contribution is 14.1. The fourth-order valence-corrected chi connectivity index (χ4v) is 4.36. The lowest BCUT2D eigenvalue weighted by Crippen LogP contribution is -2.36. The van der Waals surface area contributed by atoms with Crippen molar-refractivity contribution >= 4 is 69.1 Å². The molecule has 3 aromatic carbocycles. The first kappa shape index (κ1) is 25.7. The number of morpholine rings is 1. The first-order valence-corrected chi connectivity index (χ1v) is 13.3. The standard InChI is InChI=1S/C29H27IN6O2/c30-24-20-31-29(32-22-11-13-23(14-12-22)36-16-18-38-19-17-36)35-28(24)34-26-9-5-4-8-25(26)33-27(37)15-10-21-6-2-1-3-7-21/h1-15,20H,16-19H2,(H,33,37)(H2,31,32,34,35)/b15-10+. The first-order chi connectivity index (χ1) is 18.6. The topological polar surface area (TPSA) is 91.4 Å². The van der Waals surface area contributed by atoms with Crippen molar-refractivity contribution in [2.75, 3.05) is 47.2 Å². The molecule has 0 radical (unpaired) electrons. The highest BCUT2D eigenvalue weighted by Gasteiger charge is 2.12. The van der Waals surface area contributed by atoms with Crippen LogP contribution in [0.4, 0.5) is 34.5 Å². The number of rotatable bonds is 8. The molecule has 0 bridgehead atoms. The second-order valence-electron chi connectivity index (χ2n) is 8.57. The van der Waals surface area contributed by atoms with Gasteiger partial charge in [-0.2, -0.15) is 4.98 Å². The number of anilines is 6. The molecule has 9 heteroatoms. The molecule has 1 fully saturated rings. The third kappa shape index (κ3) is 6.87. The Morgan fingerprint density at radius 2 is 1.61 bits per heavy atom. The fraction of sp³-hybridized carbons (Fsp3) is 0.138. The molecule has 4 aromatic rings. The summed E-state index contributed by atoms with van der Waals surface area (Å²) in [5.74, 6) is 0.886. The molecule has 3 N–H and O–H groups in total. The van der Waals surface area contributed by atoms with E-state index in [0.717, 1.165) is 46.8 Å². The Balaban J connectivity index is 1.26. The van der Waals surface area contributed by atoms with Crippen molar-refractivity contribution in [1.29, 1.82) is 0 Å². The fourth-order valence-electron chi connectivity index (χ4n) is 3.96. The van der Waals surface area contributed by atoms with Crippen LogP contribution in [-0.2, 0) is 9.53 Å². The van der Waals surface area contributed by atoms with Crippen molar-refractivity contribution < 1.29 is 9.53 Å². The van der Waals surface area contributed by atoms with Crippen LogP contribution in [-0.4, -0.2) is 42.2 Å². The number of amides is 1. The number of benzene rings is 3. The molecule has 0 atom stereocenters. The van der Waals surface area contributed by atoms with Gasteiger partial charge in [0, 0.05) is 36.7 Å².